The van der Waals surface area contributed by atoms with Gasteiger partial charge in [0.15, 0.2) is 0 Å². The molecule has 1 rings (SSSR count). The van der Waals surface area contributed by atoms with Gasteiger partial charge in [-0.3, -0.25) is 0 Å². The Balaban J connectivity index is 2.01. The van der Waals surface area contributed by atoms with Crippen molar-refractivity contribution in [3.05, 3.63) is 0 Å². The van der Waals surface area contributed by atoms with E-state index >= 15 is 0 Å². The fraction of sp³-hybridized carbons (Fsp3) is 0.909. The van der Waals surface area contributed by atoms with Crippen LogP contribution in [0.2, 0.25) is 0 Å². The number of rotatable bonds is 5. The summed E-state index contributed by atoms with van der Waals surface area (Å²) in [6, 6.07) is -0.0157. The number of urea groups is 1. The molecule has 2 N–H and O–H groups in total. The summed E-state index contributed by atoms with van der Waals surface area (Å²) in [6.45, 7) is 5.97. The monoisotopic (exact) mass is 213 g/mol. The van der Waals surface area contributed by atoms with Crippen molar-refractivity contribution in [2.24, 2.45) is 5.92 Å². The van der Waals surface area contributed by atoms with Gasteiger partial charge in [-0.2, -0.15) is 0 Å². The molecule has 1 aliphatic rings. The molecule has 2 amide bonds. The number of hydrogen-bond acceptors (Lipinski definition) is 2. The quantitative estimate of drug-likeness (QED) is 0.670. The molecule has 1 heterocycles. The molecular weight excluding hydrogens is 190 g/mol. The molecule has 0 aliphatic carbocycles. The number of carbonyl (C=O) groups is 1. The summed E-state index contributed by atoms with van der Waals surface area (Å²) in [5, 5.41) is 5.78. The fourth-order valence-corrected chi connectivity index (χ4v) is 1.87. The number of likely N-dealkylation sites (tertiary alicyclic amines) is 1. The lowest BCUT2D eigenvalue weighted by molar-refractivity contribution is 0.238. The van der Waals surface area contributed by atoms with Gasteiger partial charge in [-0.15, -0.1) is 0 Å². The highest BCUT2D eigenvalue weighted by Crippen LogP contribution is 2.12. The van der Waals surface area contributed by atoms with Gasteiger partial charge in [-0.05, 0) is 32.4 Å². The number of amides is 2. The van der Waals surface area contributed by atoms with Crippen molar-refractivity contribution >= 4 is 6.03 Å². The van der Waals surface area contributed by atoms with E-state index in [0.29, 0.717) is 5.92 Å². The molecule has 1 unspecified atom stereocenters. The Morgan fingerprint density at radius 2 is 2.27 bits per heavy atom. The van der Waals surface area contributed by atoms with Gasteiger partial charge in [0.05, 0.1) is 0 Å². The second-order valence-corrected chi connectivity index (χ2v) is 4.41. The number of nitrogens with one attached hydrogen (secondary N) is 2. The van der Waals surface area contributed by atoms with E-state index in [1.54, 1.807) is 0 Å². The molecule has 1 fully saturated rings. The van der Waals surface area contributed by atoms with E-state index < -0.39 is 0 Å². The summed E-state index contributed by atoms with van der Waals surface area (Å²) < 4.78 is 0. The summed E-state index contributed by atoms with van der Waals surface area (Å²) in [5.41, 5.74) is 0. The average Bonchev–Trinajstić information content (AvgIpc) is 2.62. The third-order valence-electron chi connectivity index (χ3n) is 2.86. The maximum atomic E-state index is 11.3. The van der Waals surface area contributed by atoms with Crippen LogP contribution >= 0.6 is 0 Å². The molecule has 88 valence electrons. The van der Waals surface area contributed by atoms with Gasteiger partial charge in [-0.25, -0.2) is 4.79 Å². The van der Waals surface area contributed by atoms with Crippen molar-refractivity contribution < 1.29 is 4.79 Å². The first-order valence-electron chi connectivity index (χ1n) is 5.92. The normalized spacial score (nSPS) is 21.6. The van der Waals surface area contributed by atoms with E-state index in [-0.39, 0.29) is 6.03 Å². The summed E-state index contributed by atoms with van der Waals surface area (Å²) in [6.07, 6.45) is 3.37. The Morgan fingerprint density at radius 1 is 1.47 bits per heavy atom. The Kier molecular flexibility index (Phi) is 5.47. The molecule has 15 heavy (non-hydrogen) atoms. The lowest BCUT2D eigenvalue weighted by atomic mass is 10.1. The average molecular weight is 213 g/mol. The number of unbranched alkanes of at least 4 members (excludes halogenated alkanes) is 1. The van der Waals surface area contributed by atoms with Crippen LogP contribution in [0.4, 0.5) is 4.79 Å². The Labute approximate surface area is 92.4 Å². The second-order valence-electron chi connectivity index (χ2n) is 4.41. The van der Waals surface area contributed by atoms with Crippen molar-refractivity contribution in [1.82, 2.24) is 15.5 Å². The predicted molar refractivity (Wildman–Crippen MR) is 61.9 cm³/mol. The minimum Gasteiger partial charge on any atom is -0.338 e. The molecule has 0 radical (unpaired) electrons. The first kappa shape index (κ1) is 12.3. The van der Waals surface area contributed by atoms with Crippen LogP contribution in [0, 0.1) is 5.92 Å². The van der Waals surface area contributed by atoms with Gasteiger partial charge < -0.3 is 15.5 Å². The zero-order valence-corrected chi connectivity index (χ0v) is 9.88. The molecule has 0 aromatic heterocycles. The predicted octanol–water partition coefficient (Wildman–Crippen LogP) is 1.04. The van der Waals surface area contributed by atoms with Crippen LogP contribution < -0.4 is 10.6 Å². The maximum absolute atomic E-state index is 11.3. The third kappa shape index (κ3) is 5.02. The molecule has 1 atom stereocenters. The Hall–Kier alpha value is -0.770. The van der Waals surface area contributed by atoms with E-state index in [2.05, 4.69) is 29.5 Å². The van der Waals surface area contributed by atoms with Crippen LogP contribution in [0.25, 0.3) is 0 Å². The van der Waals surface area contributed by atoms with Crippen LogP contribution in [0.3, 0.4) is 0 Å². The number of hydrogen-bond donors (Lipinski definition) is 2. The summed E-state index contributed by atoms with van der Waals surface area (Å²) in [4.78, 5) is 13.6. The van der Waals surface area contributed by atoms with Crippen molar-refractivity contribution in [2.75, 3.05) is 33.2 Å². The topological polar surface area (TPSA) is 44.4 Å². The summed E-state index contributed by atoms with van der Waals surface area (Å²) >= 11 is 0. The Morgan fingerprint density at radius 3 is 2.87 bits per heavy atom. The molecule has 4 nitrogen and oxygen atoms in total. The van der Waals surface area contributed by atoms with E-state index in [9.17, 15) is 4.79 Å². The van der Waals surface area contributed by atoms with E-state index in [1.807, 2.05) is 0 Å². The highest BCUT2D eigenvalue weighted by atomic mass is 16.2. The molecule has 0 saturated carbocycles. The smallest absolute Gasteiger partial charge is 0.314 e. The van der Waals surface area contributed by atoms with Gasteiger partial charge in [0.2, 0.25) is 0 Å². The molecule has 1 aliphatic heterocycles. The van der Waals surface area contributed by atoms with Gasteiger partial charge in [-0.1, -0.05) is 13.3 Å². The van der Waals surface area contributed by atoms with Gasteiger partial charge >= 0.3 is 6.03 Å². The largest absolute Gasteiger partial charge is 0.338 e. The highest BCUT2D eigenvalue weighted by molar-refractivity contribution is 5.73. The van der Waals surface area contributed by atoms with Crippen LogP contribution in [-0.4, -0.2) is 44.2 Å². The van der Waals surface area contributed by atoms with Crippen molar-refractivity contribution in [3.63, 3.8) is 0 Å². The third-order valence-corrected chi connectivity index (χ3v) is 2.86. The second kappa shape index (κ2) is 6.67. The van der Waals surface area contributed by atoms with Gasteiger partial charge in [0.25, 0.3) is 0 Å². The number of nitrogens with zero attached hydrogens (tertiary/aromatic N) is 1. The van der Waals surface area contributed by atoms with Crippen molar-refractivity contribution in [3.8, 4) is 0 Å². The van der Waals surface area contributed by atoms with Crippen LogP contribution in [0.1, 0.15) is 26.2 Å². The summed E-state index contributed by atoms with van der Waals surface area (Å²) in [7, 11) is 2.13. The van der Waals surface area contributed by atoms with E-state index in [0.717, 1.165) is 39.0 Å². The van der Waals surface area contributed by atoms with E-state index in [1.165, 1.54) is 6.42 Å². The summed E-state index contributed by atoms with van der Waals surface area (Å²) in [5.74, 6) is 0.631. The van der Waals surface area contributed by atoms with Gasteiger partial charge in [0, 0.05) is 19.6 Å². The maximum Gasteiger partial charge on any atom is 0.314 e. The Bertz CT molecular complexity index is 196. The van der Waals surface area contributed by atoms with Crippen molar-refractivity contribution in [2.45, 2.75) is 26.2 Å². The lowest BCUT2D eigenvalue weighted by Gasteiger charge is -2.12. The molecule has 1 saturated heterocycles. The van der Waals surface area contributed by atoms with E-state index in [4.69, 9.17) is 0 Å². The van der Waals surface area contributed by atoms with Crippen molar-refractivity contribution in [1.29, 1.82) is 0 Å². The first-order chi connectivity index (χ1) is 7.22. The van der Waals surface area contributed by atoms with Crippen LogP contribution in [0.15, 0.2) is 0 Å². The molecule has 0 aromatic rings. The molecule has 0 aromatic carbocycles. The SMILES string of the molecule is CCCCNC(=O)NCC1CCN(C)C1. The lowest BCUT2D eigenvalue weighted by Crippen LogP contribution is -2.39. The number of carbonyl (C=O) groups excluding carboxylic acids is 1. The minimum absolute atomic E-state index is 0.0157. The van der Waals surface area contributed by atoms with Crippen LogP contribution in [-0.2, 0) is 0 Å². The fourth-order valence-electron chi connectivity index (χ4n) is 1.87. The molecule has 0 spiro atoms. The standard InChI is InChI=1S/C11H23N3O/c1-3-4-6-12-11(15)13-8-10-5-7-14(2)9-10/h10H,3-9H2,1-2H3,(H2,12,13,15). The van der Waals surface area contributed by atoms with Crippen LogP contribution in [0.5, 0.6) is 0 Å². The minimum atomic E-state index is -0.0157. The first-order valence-corrected chi connectivity index (χ1v) is 5.92. The molecule has 0 bridgehead atoms. The van der Waals surface area contributed by atoms with Gasteiger partial charge in [0.1, 0.15) is 0 Å². The highest BCUT2D eigenvalue weighted by Gasteiger charge is 2.19. The zero-order valence-electron chi connectivity index (χ0n) is 9.88. The zero-order chi connectivity index (χ0) is 11.1. The molecular formula is C11H23N3O. The molecule has 4 heteroatoms.